The Labute approximate surface area is 742 Å². The first-order valence-corrected chi connectivity index (χ1v) is 41.4. The van der Waals surface area contributed by atoms with E-state index in [-0.39, 0.29) is 55.0 Å². The highest BCUT2D eigenvalue weighted by Crippen LogP contribution is 2.57. The largest absolute Gasteiger partial charge is 0.455 e. The molecule has 0 saturated carbocycles. The van der Waals surface area contributed by atoms with Crippen LogP contribution in [0.4, 0.5) is 34.1 Å². The van der Waals surface area contributed by atoms with Crippen molar-refractivity contribution in [1.29, 1.82) is 0 Å². The molecule has 586 valence electrons. The maximum Gasteiger partial charge on any atom is 0.143 e. The van der Waals surface area contributed by atoms with Crippen LogP contribution < -0.4 is 9.80 Å². The predicted octanol–water partition coefficient (Wildman–Crippen LogP) is 33.3. The minimum Gasteiger partial charge on any atom is -0.455 e. The highest BCUT2D eigenvalue weighted by Gasteiger charge is 2.33. The van der Waals surface area contributed by atoms with E-state index in [0.29, 0.717) is 89.8 Å². The Hall–Kier alpha value is -16.0. The normalized spacial score (nSPS) is 13.6. The van der Waals surface area contributed by atoms with Gasteiger partial charge in [-0.1, -0.05) is 336 Å². The second kappa shape index (κ2) is 30.0. The first kappa shape index (κ1) is 58.0. The van der Waals surface area contributed by atoms with E-state index in [1.54, 1.807) is 12.1 Å². The van der Waals surface area contributed by atoms with Crippen LogP contribution in [0.15, 0.2) is 451 Å². The van der Waals surface area contributed by atoms with Crippen LogP contribution in [0.2, 0.25) is 0 Å². The van der Waals surface area contributed by atoms with Crippen molar-refractivity contribution >= 4 is 122 Å². The highest BCUT2D eigenvalue weighted by molar-refractivity contribution is 6.16. The fraction of sp³-hybridized carbons (Fsp3) is 0.0339. The average molecular weight is 1600 g/mol. The van der Waals surface area contributed by atoms with Gasteiger partial charge in [-0.15, -0.1) is 0 Å². The number of rotatable bonds is 16. The summed E-state index contributed by atoms with van der Waals surface area (Å²) < 4.78 is 171. The Morgan fingerprint density at radius 2 is 0.548 bits per heavy atom. The van der Waals surface area contributed by atoms with Gasteiger partial charge in [-0.2, -0.15) is 0 Å². The zero-order valence-corrected chi connectivity index (χ0v) is 67.5. The third kappa shape index (κ3) is 12.6. The van der Waals surface area contributed by atoms with Crippen LogP contribution in [0.25, 0.3) is 188 Å². The first-order valence-electron chi connectivity index (χ1n) is 49.4. The summed E-state index contributed by atoms with van der Waals surface area (Å²) >= 11 is 0. The van der Waals surface area contributed by atoms with Crippen LogP contribution in [0.5, 0.6) is 0 Å². The number of nitrogens with zero attached hydrogens (tertiary/aromatic N) is 4. The van der Waals surface area contributed by atoms with Crippen LogP contribution in [0.3, 0.4) is 0 Å². The molecule has 4 heterocycles. The summed E-state index contributed by atoms with van der Waals surface area (Å²) in [5.41, 5.74) is 18.6. The summed E-state index contributed by atoms with van der Waals surface area (Å²) in [6.07, 6.45) is 0. The summed E-state index contributed by atoms with van der Waals surface area (Å²) in [7, 11) is 0. The van der Waals surface area contributed by atoms with Gasteiger partial charge in [-0.25, -0.2) is 0 Å². The first-order chi connectivity index (χ1) is 67.8. The van der Waals surface area contributed by atoms with E-state index in [0.717, 1.165) is 82.7 Å². The Balaban J connectivity index is 0.924. The standard InChI is InChI=1S/C118H82N4O2/c1-118(2,3)87-72-92(119(88-46-30-48-90(74-88)121-108-60-22-16-50-94(108)95-51-17-23-61-109(95)121)114-104(83-44-28-42-81(66-83)77-34-8-4-9-35-77)68-85(79-38-12-6-13-39-79)70-106(114)102-58-32-56-100-98-54-20-26-64-112(98)123-116(100)102)76-93(73-87)120(89-47-31-49-91(75-89)122-110-62-24-18-52-96(110)97-53-19-25-63-111(97)122)115-105(84-45-29-43-82(67-84)78-36-10-5-11-37-78)69-86(80-40-14-7-15-41-80)71-107(115)103-59-33-57-101-99-55-21-27-65-113(99)124-117(101)103/h4-76H,1-3H3/i16D,17D,18D,19D,22D,23D,24D,25D,50D,51D,52D,53D,60D,61D,62D,63D. The van der Waals surface area contributed by atoms with Crippen LogP contribution in [0, 0.1) is 0 Å². The molecule has 23 aromatic rings. The van der Waals surface area contributed by atoms with Gasteiger partial charge in [0.2, 0.25) is 0 Å². The minimum absolute atomic E-state index is 0.0846. The zero-order valence-electron chi connectivity index (χ0n) is 83.5. The molecule has 0 radical (unpaired) electrons. The van der Waals surface area contributed by atoms with Crippen molar-refractivity contribution in [2.45, 2.75) is 26.2 Å². The molecule has 4 aromatic heterocycles. The molecule has 23 rings (SSSR count). The predicted molar refractivity (Wildman–Crippen MR) is 521 cm³/mol. The highest BCUT2D eigenvalue weighted by atomic mass is 16.3. The summed E-state index contributed by atoms with van der Waals surface area (Å²) in [4.78, 5) is 4.42. The van der Waals surface area contributed by atoms with Gasteiger partial charge < -0.3 is 27.8 Å². The van der Waals surface area contributed by atoms with Crippen molar-refractivity contribution < 1.29 is 30.8 Å². The molecule has 0 bridgehead atoms. The van der Waals surface area contributed by atoms with Crippen molar-refractivity contribution in [3.63, 3.8) is 0 Å². The smallest absolute Gasteiger partial charge is 0.143 e. The van der Waals surface area contributed by atoms with Crippen LogP contribution in [-0.4, -0.2) is 9.13 Å². The number of benzene rings is 19. The third-order valence-corrected chi connectivity index (χ3v) is 23.9. The fourth-order valence-corrected chi connectivity index (χ4v) is 18.1. The lowest BCUT2D eigenvalue weighted by molar-refractivity contribution is 0.590. The second-order valence-electron chi connectivity index (χ2n) is 32.3. The van der Waals surface area contributed by atoms with Gasteiger partial charge in [0.25, 0.3) is 0 Å². The Morgan fingerprint density at radius 1 is 0.234 bits per heavy atom. The van der Waals surface area contributed by atoms with E-state index in [4.69, 9.17) is 8.83 Å². The summed E-state index contributed by atoms with van der Waals surface area (Å²) in [5, 5.41) is 3.03. The second-order valence-corrected chi connectivity index (χ2v) is 32.3. The lowest BCUT2D eigenvalue weighted by Gasteiger charge is -2.36. The molecule has 124 heavy (non-hydrogen) atoms. The Bertz CT molecular complexity index is 8480. The number of anilines is 6. The van der Waals surface area contributed by atoms with Crippen LogP contribution in [0.1, 0.15) is 48.3 Å². The number of aromatic nitrogens is 2. The SMILES string of the molecule is [2H]c1c([2H])c([2H])c2c(c1[2H])c1c([2H])c([2H])c([2H])c([2H])c1n2-c1cccc(N(c2cc(N(c3cccc(-n4c5c([2H])c([2H])c([2H])c([2H])c5c5c([2H])c([2H])c([2H])c([2H])c54)c3)c3c(-c4cccc(-c5ccccc5)c4)cc(-c4ccccc4)cc3-c3cccc4c3oc3ccccc34)cc(C(C)(C)C)c2)c2c(-c3cccc(-c4ccccc4)c3)cc(-c3ccccc3)cc2-c2cccc3c2oc2ccccc23)c1. The number of hydrogen-bond donors (Lipinski definition) is 0. The fourth-order valence-electron chi connectivity index (χ4n) is 18.1. The molecule has 19 aromatic carbocycles. The molecule has 6 heteroatoms. The van der Waals surface area contributed by atoms with E-state index < -0.39 is 102 Å². The van der Waals surface area contributed by atoms with Gasteiger partial charge in [0.1, 0.15) is 22.3 Å². The van der Waals surface area contributed by atoms with Gasteiger partial charge in [0.05, 0.1) is 55.4 Å². The Kier molecular flexibility index (Phi) is 14.1. The molecule has 6 nitrogen and oxygen atoms in total. The van der Waals surface area contributed by atoms with Crippen molar-refractivity contribution in [3.8, 4) is 100 Å². The summed E-state index contributed by atoms with van der Waals surface area (Å²) in [6, 6.07) is 108. The van der Waals surface area contributed by atoms with Crippen LogP contribution >= 0.6 is 0 Å². The van der Waals surface area contributed by atoms with Crippen LogP contribution in [-0.2, 0) is 5.41 Å². The lowest BCUT2D eigenvalue weighted by Crippen LogP contribution is -2.19. The molecule has 0 spiro atoms. The van der Waals surface area contributed by atoms with Gasteiger partial charge >= 0.3 is 0 Å². The van der Waals surface area contributed by atoms with Crippen molar-refractivity contribution in [2.24, 2.45) is 0 Å². The van der Waals surface area contributed by atoms with E-state index in [1.165, 1.54) is 9.13 Å². The maximum absolute atomic E-state index is 10.00. The lowest BCUT2D eigenvalue weighted by atomic mass is 9.85. The Morgan fingerprint density at radius 3 is 0.935 bits per heavy atom. The van der Waals surface area contributed by atoms with E-state index in [2.05, 4.69) is 206 Å². The van der Waals surface area contributed by atoms with Crippen molar-refractivity contribution in [2.75, 3.05) is 9.80 Å². The molecule has 0 aliphatic heterocycles. The zero-order chi connectivity index (χ0) is 96.4. The van der Waals surface area contributed by atoms with Crippen molar-refractivity contribution in [1.82, 2.24) is 9.13 Å². The van der Waals surface area contributed by atoms with E-state index in [1.807, 2.05) is 158 Å². The van der Waals surface area contributed by atoms with Crippen molar-refractivity contribution in [3.05, 3.63) is 448 Å². The third-order valence-electron chi connectivity index (χ3n) is 23.9. The molecule has 0 saturated heterocycles. The minimum atomic E-state index is -0.810. The molecule has 0 amide bonds. The molecule has 0 aliphatic carbocycles. The van der Waals surface area contributed by atoms with Gasteiger partial charge in [-0.3, -0.25) is 0 Å². The van der Waals surface area contributed by atoms with Gasteiger partial charge in [0.15, 0.2) is 0 Å². The molecular weight excluding hydrogens is 1510 g/mol. The van der Waals surface area contributed by atoms with Gasteiger partial charge in [-0.05, 0) is 194 Å². The number of furan rings is 2. The summed E-state index contributed by atoms with van der Waals surface area (Å²) in [6.45, 7) is 6.44. The molecule has 0 fully saturated rings. The summed E-state index contributed by atoms with van der Waals surface area (Å²) in [5.74, 6) is 0. The quantitative estimate of drug-likeness (QED) is 0.0967. The molecular formula is C118H82N4O2. The van der Waals surface area contributed by atoms with Gasteiger partial charge in [0, 0.05) is 111 Å². The number of hydrogen-bond acceptors (Lipinski definition) is 4. The average Bonchev–Trinajstić information content (AvgIpc) is 1.53. The number of fused-ring (bicyclic) bond motifs is 12. The monoisotopic (exact) mass is 1600 g/mol. The molecule has 0 atom stereocenters. The molecule has 0 aliphatic rings. The topological polar surface area (TPSA) is 42.6 Å². The van der Waals surface area contributed by atoms with E-state index in [9.17, 15) is 21.9 Å². The number of para-hydroxylation sites is 8. The van der Waals surface area contributed by atoms with E-state index >= 15 is 0 Å². The molecule has 0 unspecified atom stereocenters. The maximum atomic E-state index is 10.00. The molecule has 0 N–H and O–H groups in total.